The van der Waals surface area contributed by atoms with E-state index in [9.17, 15) is 9.59 Å². The number of likely N-dealkylation sites (N-methyl/N-ethyl adjacent to an activating group) is 1. The molecule has 6 heteroatoms. The monoisotopic (exact) mass is 373 g/mol. The number of fused-ring (bicyclic) bond motifs is 1. The highest BCUT2D eigenvalue weighted by Crippen LogP contribution is 2.36. The zero-order valence-corrected chi connectivity index (χ0v) is 16.9. The van der Waals surface area contributed by atoms with Gasteiger partial charge in [-0.05, 0) is 40.0 Å². The third kappa shape index (κ3) is 3.81. The Morgan fingerprint density at radius 3 is 2.48 bits per heavy atom. The molecule has 2 heterocycles. The minimum absolute atomic E-state index is 0.00388. The molecule has 1 fully saturated rings. The maximum atomic E-state index is 13.3. The molecule has 1 spiro atoms. The zero-order valence-electron chi connectivity index (χ0n) is 16.9. The van der Waals surface area contributed by atoms with Crippen LogP contribution in [0.2, 0.25) is 0 Å². The lowest BCUT2D eigenvalue weighted by Gasteiger charge is -2.43. The third-order valence-corrected chi connectivity index (χ3v) is 5.96. The van der Waals surface area contributed by atoms with E-state index in [0.717, 1.165) is 25.9 Å². The van der Waals surface area contributed by atoms with Crippen LogP contribution in [0, 0.1) is 0 Å². The summed E-state index contributed by atoms with van der Waals surface area (Å²) >= 11 is 0. The molecule has 0 aromatic heterocycles. The number of carbonyl (C=O) groups excluding carboxylic acids is 2. The molecule has 0 saturated carbocycles. The molecule has 0 radical (unpaired) electrons. The molecule has 3 rings (SSSR count). The second-order valence-electron chi connectivity index (χ2n) is 7.70. The quantitative estimate of drug-likeness (QED) is 0.812. The van der Waals surface area contributed by atoms with Crippen molar-refractivity contribution in [3.63, 3.8) is 0 Å². The number of ether oxygens (including phenoxy) is 1. The van der Waals surface area contributed by atoms with Gasteiger partial charge in [0.25, 0.3) is 5.91 Å². The van der Waals surface area contributed by atoms with E-state index >= 15 is 0 Å². The van der Waals surface area contributed by atoms with Gasteiger partial charge < -0.3 is 19.4 Å². The first-order chi connectivity index (χ1) is 12.9. The number of hydrogen-bond acceptors (Lipinski definition) is 4. The first-order valence-electron chi connectivity index (χ1n) is 9.97. The van der Waals surface area contributed by atoms with Crippen LogP contribution in [0.1, 0.15) is 44.0 Å². The van der Waals surface area contributed by atoms with E-state index in [1.54, 1.807) is 15.9 Å². The third-order valence-electron chi connectivity index (χ3n) is 5.96. The van der Waals surface area contributed by atoms with Crippen molar-refractivity contribution in [2.45, 2.75) is 45.3 Å². The van der Waals surface area contributed by atoms with E-state index in [-0.39, 0.29) is 11.8 Å². The number of rotatable bonds is 4. The number of likely N-dealkylation sites (tertiary alicyclic amines) is 1. The summed E-state index contributed by atoms with van der Waals surface area (Å²) in [5, 5.41) is 0. The fraction of sp³-hybridized carbons (Fsp3) is 0.619. The van der Waals surface area contributed by atoms with E-state index in [2.05, 4.69) is 11.9 Å². The number of benzene rings is 1. The van der Waals surface area contributed by atoms with E-state index in [0.29, 0.717) is 30.9 Å². The lowest BCUT2D eigenvalue weighted by molar-refractivity contribution is -0.136. The highest BCUT2D eigenvalue weighted by Gasteiger charge is 2.44. The van der Waals surface area contributed by atoms with E-state index in [4.69, 9.17) is 4.74 Å². The van der Waals surface area contributed by atoms with Gasteiger partial charge in [-0.3, -0.25) is 9.59 Å². The van der Waals surface area contributed by atoms with E-state index < -0.39 is 11.6 Å². The topological polar surface area (TPSA) is 53.1 Å². The van der Waals surface area contributed by atoms with Crippen LogP contribution in [0.4, 0.5) is 0 Å². The molecule has 1 unspecified atom stereocenters. The molecule has 1 saturated heterocycles. The summed E-state index contributed by atoms with van der Waals surface area (Å²) < 4.78 is 6.46. The van der Waals surface area contributed by atoms with Crippen molar-refractivity contribution in [1.29, 1.82) is 0 Å². The molecular weight excluding hydrogens is 342 g/mol. The van der Waals surface area contributed by atoms with Crippen LogP contribution in [0.5, 0.6) is 5.75 Å². The SMILES string of the molecule is CCN(CC)C(=O)C(C)N1CC2(CCN(C)CC2)Oc2ccccc2C1=O. The number of carbonyl (C=O) groups is 2. The summed E-state index contributed by atoms with van der Waals surface area (Å²) in [6.45, 7) is 9.35. The Morgan fingerprint density at radius 1 is 1.22 bits per heavy atom. The molecule has 2 aliphatic rings. The Bertz CT molecular complexity index is 694. The molecule has 1 atom stereocenters. The van der Waals surface area contributed by atoms with Gasteiger partial charge in [0.1, 0.15) is 17.4 Å². The zero-order chi connectivity index (χ0) is 19.6. The summed E-state index contributed by atoms with van der Waals surface area (Å²) in [7, 11) is 2.10. The molecular formula is C21H31N3O3. The Kier molecular flexibility index (Phi) is 5.75. The molecule has 2 amide bonds. The van der Waals surface area contributed by atoms with Crippen LogP contribution in [0.25, 0.3) is 0 Å². The second-order valence-corrected chi connectivity index (χ2v) is 7.70. The summed E-state index contributed by atoms with van der Waals surface area (Å²) in [6, 6.07) is 6.90. The lowest BCUT2D eigenvalue weighted by atomic mass is 9.90. The predicted molar refractivity (Wildman–Crippen MR) is 105 cm³/mol. The van der Waals surface area contributed by atoms with Crippen LogP contribution in [-0.2, 0) is 4.79 Å². The molecule has 1 aromatic carbocycles. The summed E-state index contributed by atoms with van der Waals surface area (Å²) in [5.74, 6) is 0.516. The summed E-state index contributed by atoms with van der Waals surface area (Å²) in [5.41, 5.74) is 0.111. The minimum Gasteiger partial charge on any atom is -0.484 e. The van der Waals surface area contributed by atoms with Crippen LogP contribution in [-0.4, -0.2) is 77.9 Å². The largest absolute Gasteiger partial charge is 0.484 e. The average Bonchev–Trinajstić information content (AvgIpc) is 2.80. The van der Waals surface area contributed by atoms with Gasteiger partial charge in [0, 0.05) is 39.0 Å². The van der Waals surface area contributed by atoms with Crippen molar-refractivity contribution in [3.8, 4) is 5.75 Å². The summed E-state index contributed by atoms with van der Waals surface area (Å²) in [4.78, 5) is 32.1. The molecule has 2 aliphatic heterocycles. The van der Waals surface area contributed by atoms with E-state index in [1.165, 1.54) is 0 Å². The van der Waals surface area contributed by atoms with Gasteiger partial charge in [-0.15, -0.1) is 0 Å². The van der Waals surface area contributed by atoms with Crippen LogP contribution in [0.15, 0.2) is 24.3 Å². The molecule has 27 heavy (non-hydrogen) atoms. The predicted octanol–water partition coefficient (Wildman–Crippen LogP) is 2.24. The van der Waals surface area contributed by atoms with Crippen molar-refractivity contribution >= 4 is 11.8 Å². The van der Waals surface area contributed by atoms with Gasteiger partial charge in [-0.2, -0.15) is 0 Å². The van der Waals surface area contributed by atoms with Gasteiger partial charge >= 0.3 is 0 Å². The highest BCUT2D eigenvalue weighted by atomic mass is 16.5. The van der Waals surface area contributed by atoms with Crippen molar-refractivity contribution in [2.75, 3.05) is 39.8 Å². The Morgan fingerprint density at radius 2 is 1.85 bits per heavy atom. The summed E-state index contributed by atoms with van der Waals surface area (Å²) in [6.07, 6.45) is 1.68. The Balaban J connectivity index is 1.97. The van der Waals surface area contributed by atoms with Gasteiger partial charge in [-0.25, -0.2) is 0 Å². The van der Waals surface area contributed by atoms with Gasteiger partial charge in [0.2, 0.25) is 5.91 Å². The first kappa shape index (κ1) is 19.7. The van der Waals surface area contributed by atoms with Crippen molar-refractivity contribution in [2.24, 2.45) is 0 Å². The van der Waals surface area contributed by atoms with Gasteiger partial charge in [0.05, 0.1) is 12.1 Å². The highest BCUT2D eigenvalue weighted by molar-refractivity contribution is 6.00. The van der Waals surface area contributed by atoms with Crippen molar-refractivity contribution in [1.82, 2.24) is 14.7 Å². The molecule has 0 N–H and O–H groups in total. The van der Waals surface area contributed by atoms with Crippen LogP contribution < -0.4 is 4.74 Å². The average molecular weight is 373 g/mol. The number of nitrogens with zero attached hydrogens (tertiary/aromatic N) is 3. The minimum atomic E-state index is -0.510. The molecule has 148 valence electrons. The molecule has 0 aliphatic carbocycles. The standard InChI is InChI=1S/C21H31N3O3/c1-5-23(6-2)19(25)16(3)24-15-21(11-13-22(4)14-12-21)27-18-10-8-7-9-17(18)20(24)26/h7-10,16H,5-6,11-15H2,1-4H3. The maximum absolute atomic E-state index is 13.3. The fourth-order valence-corrected chi connectivity index (χ4v) is 4.07. The van der Waals surface area contributed by atoms with Crippen LogP contribution in [0.3, 0.4) is 0 Å². The molecule has 6 nitrogen and oxygen atoms in total. The van der Waals surface area contributed by atoms with Gasteiger partial charge in [-0.1, -0.05) is 12.1 Å². The number of piperidine rings is 1. The molecule has 0 bridgehead atoms. The smallest absolute Gasteiger partial charge is 0.258 e. The normalized spacial score (nSPS) is 20.6. The first-order valence-corrected chi connectivity index (χ1v) is 9.97. The van der Waals surface area contributed by atoms with Crippen molar-refractivity contribution < 1.29 is 14.3 Å². The number of amides is 2. The van der Waals surface area contributed by atoms with E-state index in [1.807, 2.05) is 39.0 Å². The lowest BCUT2D eigenvalue weighted by Crippen LogP contribution is -2.57. The van der Waals surface area contributed by atoms with Gasteiger partial charge in [0.15, 0.2) is 0 Å². The second kappa shape index (κ2) is 7.89. The number of para-hydroxylation sites is 1. The Labute approximate surface area is 162 Å². The fourth-order valence-electron chi connectivity index (χ4n) is 4.07. The molecule has 1 aromatic rings. The van der Waals surface area contributed by atoms with Crippen LogP contribution >= 0.6 is 0 Å². The maximum Gasteiger partial charge on any atom is 0.258 e. The Hall–Kier alpha value is -2.08. The van der Waals surface area contributed by atoms with Crippen molar-refractivity contribution in [3.05, 3.63) is 29.8 Å². The number of hydrogen-bond donors (Lipinski definition) is 0.